The highest BCUT2D eigenvalue weighted by Gasteiger charge is 2.40. The Kier molecular flexibility index (Phi) is 7.37. The Labute approximate surface area is 182 Å². The molecule has 1 aromatic heterocycles. The first-order valence-corrected chi connectivity index (χ1v) is 9.54. The third-order valence-electron chi connectivity index (χ3n) is 6.12. The lowest BCUT2D eigenvalue weighted by Crippen LogP contribution is -2.50. The SMILES string of the molecule is Cc1nnc2n1CC(=O)N(C1CCC(CN)(c3cccc(Cl)c3)CC1)C2.Cl.Cl. The van der Waals surface area contributed by atoms with E-state index in [2.05, 4.69) is 16.3 Å². The molecule has 0 saturated heterocycles. The molecule has 0 atom stereocenters. The van der Waals surface area contributed by atoms with Gasteiger partial charge >= 0.3 is 0 Å². The van der Waals surface area contributed by atoms with Gasteiger partial charge in [0.05, 0.1) is 6.54 Å². The minimum atomic E-state index is -0.0448. The fourth-order valence-electron chi connectivity index (χ4n) is 4.44. The molecule has 6 nitrogen and oxygen atoms in total. The number of nitrogens with zero attached hydrogens (tertiary/aromatic N) is 4. The number of hydrogen-bond donors (Lipinski definition) is 1. The van der Waals surface area contributed by atoms with Crippen molar-refractivity contribution in [1.29, 1.82) is 0 Å². The van der Waals surface area contributed by atoms with Gasteiger partial charge in [-0.05, 0) is 50.3 Å². The van der Waals surface area contributed by atoms with Crippen LogP contribution in [0.3, 0.4) is 0 Å². The monoisotopic (exact) mass is 445 g/mol. The maximum atomic E-state index is 12.7. The van der Waals surface area contributed by atoms with Crippen LogP contribution in [0.5, 0.6) is 0 Å². The van der Waals surface area contributed by atoms with E-state index in [1.807, 2.05) is 34.6 Å². The molecule has 1 amide bonds. The van der Waals surface area contributed by atoms with Crippen LogP contribution in [-0.4, -0.2) is 38.2 Å². The van der Waals surface area contributed by atoms with Gasteiger partial charge < -0.3 is 15.2 Å². The Balaban J connectivity index is 0.00000140. The summed E-state index contributed by atoms with van der Waals surface area (Å²) < 4.78 is 1.91. The second kappa shape index (κ2) is 8.99. The van der Waals surface area contributed by atoms with Gasteiger partial charge in [0.15, 0.2) is 5.82 Å². The van der Waals surface area contributed by atoms with Crippen molar-refractivity contribution in [3.8, 4) is 0 Å². The molecule has 2 aromatic rings. The smallest absolute Gasteiger partial charge is 0.243 e. The number of hydrogen-bond acceptors (Lipinski definition) is 4. The highest BCUT2D eigenvalue weighted by atomic mass is 35.5. The lowest BCUT2D eigenvalue weighted by Gasteiger charge is -2.44. The molecule has 2 heterocycles. The van der Waals surface area contributed by atoms with E-state index >= 15 is 0 Å². The van der Waals surface area contributed by atoms with Crippen molar-refractivity contribution < 1.29 is 4.79 Å². The molecule has 0 unspecified atom stereocenters. The number of aromatic nitrogens is 3. The maximum Gasteiger partial charge on any atom is 0.243 e. The number of rotatable bonds is 3. The molecule has 1 fully saturated rings. The molecule has 1 aliphatic heterocycles. The molecule has 1 aromatic carbocycles. The van der Waals surface area contributed by atoms with Crippen LogP contribution < -0.4 is 5.73 Å². The zero-order valence-electron chi connectivity index (χ0n) is 15.8. The summed E-state index contributed by atoms with van der Waals surface area (Å²) >= 11 is 6.19. The fraction of sp³-hybridized carbons (Fsp3) is 0.526. The number of carbonyl (C=O) groups is 1. The first-order chi connectivity index (χ1) is 12.5. The number of aryl methyl sites for hydroxylation is 1. The summed E-state index contributed by atoms with van der Waals surface area (Å²) in [5, 5.41) is 9.07. The molecule has 2 aliphatic rings. The van der Waals surface area contributed by atoms with Crippen LogP contribution in [-0.2, 0) is 23.3 Å². The van der Waals surface area contributed by atoms with Gasteiger partial charge in [0.1, 0.15) is 12.4 Å². The first-order valence-electron chi connectivity index (χ1n) is 9.17. The zero-order chi connectivity index (χ0) is 18.3. The van der Waals surface area contributed by atoms with Gasteiger partial charge in [-0.3, -0.25) is 4.79 Å². The van der Waals surface area contributed by atoms with Gasteiger partial charge in [-0.1, -0.05) is 23.7 Å². The van der Waals surface area contributed by atoms with Gasteiger partial charge in [0.2, 0.25) is 5.91 Å². The molecule has 28 heavy (non-hydrogen) atoms. The van der Waals surface area contributed by atoms with E-state index in [1.54, 1.807) is 0 Å². The van der Waals surface area contributed by atoms with E-state index in [0.717, 1.165) is 42.4 Å². The largest absolute Gasteiger partial charge is 0.331 e. The average molecular weight is 447 g/mol. The van der Waals surface area contributed by atoms with Crippen molar-refractivity contribution in [3.05, 3.63) is 46.5 Å². The van der Waals surface area contributed by atoms with E-state index in [0.29, 0.717) is 19.6 Å². The molecule has 2 N–H and O–H groups in total. The summed E-state index contributed by atoms with van der Waals surface area (Å²) in [6.45, 7) is 3.39. The Morgan fingerprint density at radius 2 is 1.93 bits per heavy atom. The topological polar surface area (TPSA) is 77.0 Å². The van der Waals surface area contributed by atoms with Crippen LogP contribution in [0, 0.1) is 6.92 Å². The Hall–Kier alpha value is -1.34. The minimum absolute atomic E-state index is 0. The molecule has 9 heteroatoms. The minimum Gasteiger partial charge on any atom is -0.331 e. The van der Waals surface area contributed by atoms with Crippen molar-refractivity contribution in [2.45, 2.75) is 57.2 Å². The predicted octanol–water partition coefficient (Wildman–Crippen LogP) is 3.27. The normalized spacial score (nSPS) is 24.2. The van der Waals surface area contributed by atoms with Crippen molar-refractivity contribution in [2.75, 3.05) is 6.54 Å². The van der Waals surface area contributed by atoms with E-state index in [-0.39, 0.29) is 42.2 Å². The molecule has 1 saturated carbocycles. The second-order valence-corrected chi connectivity index (χ2v) is 7.93. The molecule has 0 radical (unpaired) electrons. The van der Waals surface area contributed by atoms with E-state index in [1.165, 1.54) is 5.56 Å². The van der Waals surface area contributed by atoms with Gasteiger partial charge in [0.25, 0.3) is 0 Å². The predicted molar refractivity (Wildman–Crippen MR) is 114 cm³/mol. The first kappa shape index (κ1) is 22.9. The van der Waals surface area contributed by atoms with E-state index in [4.69, 9.17) is 17.3 Å². The summed E-state index contributed by atoms with van der Waals surface area (Å²) in [5.41, 5.74) is 7.36. The number of benzene rings is 1. The molecule has 0 bridgehead atoms. The van der Waals surface area contributed by atoms with Gasteiger partial charge in [-0.2, -0.15) is 0 Å². The summed E-state index contributed by atoms with van der Waals surface area (Å²) in [6.07, 6.45) is 3.82. The third-order valence-corrected chi connectivity index (χ3v) is 6.35. The number of amides is 1. The number of fused-ring (bicyclic) bond motifs is 1. The lowest BCUT2D eigenvalue weighted by atomic mass is 9.68. The number of nitrogens with two attached hydrogens (primary N) is 1. The molecular formula is C19H26Cl3N5O. The van der Waals surface area contributed by atoms with Crippen molar-refractivity contribution in [2.24, 2.45) is 5.73 Å². The maximum absolute atomic E-state index is 12.7. The molecule has 4 rings (SSSR count). The highest BCUT2D eigenvalue weighted by molar-refractivity contribution is 6.30. The summed E-state index contributed by atoms with van der Waals surface area (Å²) in [6, 6.07) is 8.28. The quantitative estimate of drug-likeness (QED) is 0.785. The van der Waals surface area contributed by atoms with Crippen LogP contribution in [0.4, 0.5) is 0 Å². The third kappa shape index (κ3) is 4.01. The summed E-state index contributed by atoms with van der Waals surface area (Å²) in [7, 11) is 0. The molecule has 154 valence electrons. The fourth-order valence-corrected chi connectivity index (χ4v) is 4.63. The Morgan fingerprint density at radius 3 is 2.57 bits per heavy atom. The number of halogens is 3. The Morgan fingerprint density at radius 1 is 1.21 bits per heavy atom. The van der Waals surface area contributed by atoms with Crippen LogP contribution >= 0.6 is 36.4 Å². The van der Waals surface area contributed by atoms with Gasteiger partial charge in [-0.15, -0.1) is 35.0 Å². The van der Waals surface area contributed by atoms with E-state index < -0.39 is 0 Å². The van der Waals surface area contributed by atoms with Crippen LogP contribution in [0.2, 0.25) is 5.02 Å². The zero-order valence-corrected chi connectivity index (χ0v) is 18.2. The summed E-state index contributed by atoms with van der Waals surface area (Å²) in [5.74, 6) is 1.85. The van der Waals surface area contributed by atoms with Crippen LogP contribution in [0.1, 0.15) is 42.9 Å². The second-order valence-electron chi connectivity index (χ2n) is 7.50. The number of carbonyl (C=O) groups excluding carboxylic acids is 1. The van der Waals surface area contributed by atoms with Crippen molar-refractivity contribution in [1.82, 2.24) is 19.7 Å². The highest BCUT2D eigenvalue weighted by Crippen LogP contribution is 2.41. The van der Waals surface area contributed by atoms with Gasteiger partial charge in [-0.25, -0.2) is 0 Å². The van der Waals surface area contributed by atoms with Crippen molar-refractivity contribution >= 4 is 42.3 Å². The Bertz CT molecular complexity index is 833. The van der Waals surface area contributed by atoms with Crippen LogP contribution in [0.25, 0.3) is 0 Å². The summed E-state index contributed by atoms with van der Waals surface area (Å²) in [4.78, 5) is 14.6. The molecule has 0 spiro atoms. The van der Waals surface area contributed by atoms with Gasteiger partial charge in [0, 0.05) is 23.0 Å². The van der Waals surface area contributed by atoms with Crippen LogP contribution in [0.15, 0.2) is 24.3 Å². The molecular weight excluding hydrogens is 421 g/mol. The lowest BCUT2D eigenvalue weighted by molar-refractivity contribution is -0.138. The average Bonchev–Trinajstić information content (AvgIpc) is 3.01. The standard InChI is InChI=1S/C19H24ClN5O.2ClH/c1-13-22-23-17-10-25(18(26)11-24(13)17)16-5-7-19(12-21,8-6-16)14-3-2-4-15(20)9-14;;/h2-4,9,16H,5-8,10-12,21H2,1H3;2*1H. The molecule has 1 aliphatic carbocycles. The van der Waals surface area contributed by atoms with E-state index in [9.17, 15) is 4.79 Å². The van der Waals surface area contributed by atoms with Crippen molar-refractivity contribution in [3.63, 3.8) is 0 Å².